The minimum Gasteiger partial charge on any atom is -0.477 e. The van der Waals surface area contributed by atoms with E-state index >= 15 is 0 Å². The number of nitrogens with one attached hydrogen (secondary N) is 1. The zero-order chi connectivity index (χ0) is 16.0. The van der Waals surface area contributed by atoms with Crippen LogP contribution in [0.3, 0.4) is 0 Å². The van der Waals surface area contributed by atoms with Gasteiger partial charge in [0.1, 0.15) is 10.6 Å². The molecule has 7 nitrogen and oxygen atoms in total. The van der Waals surface area contributed by atoms with Crippen LogP contribution in [0.1, 0.15) is 43.2 Å². The molecule has 0 fully saturated rings. The van der Waals surface area contributed by atoms with Gasteiger partial charge in [-0.25, -0.2) is 17.9 Å². The van der Waals surface area contributed by atoms with Gasteiger partial charge in [0, 0.05) is 32.5 Å². The number of aromatic nitrogens is 1. The molecule has 1 aromatic heterocycles. The van der Waals surface area contributed by atoms with Crippen LogP contribution in [-0.4, -0.2) is 44.3 Å². The van der Waals surface area contributed by atoms with Gasteiger partial charge in [-0.1, -0.05) is 0 Å². The van der Waals surface area contributed by atoms with Gasteiger partial charge in [0.05, 0.1) is 0 Å². The molecule has 1 aromatic rings. The second-order valence-electron chi connectivity index (χ2n) is 4.96. The summed E-state index contributed by atoms with van der Waals surface area (Å²) in [6.45, 7) is 4.46. The number of ether oxygens (including phenoxy) is 1. The number of carboxylic acids is 1. The van der Waals surface area contributed by atoms with Gasteiger partial charge in [-0.3, -0.25) is 0 Å². The van der Waals surface area contributed by atoms with Crippen molar-refractivity contribution in [1.29, 1.82) is 0 Å². The van der Waals surface area contributed by atoms with Gasteiger partial charge >= 0.3 is 5.97 Å². The molecule has 0 aromatic carbocycles. The van der Waals surface area contributed by atoms with Gasteiger partial charge in [-0.2, -0.15) is 0 Å². The van der Waals surface area contributed by atoms with Crippen molar-refractivity contribution >= 4 is 16.0 Å². The first kappa shape index (κ1) is 17.7. The Morgan fingerprint density at radius 3 is 2.57 bits per heavy atom. The van der Waals surface area contributed by atoms with Crippen LogP contribution in [-0.2, 0) is 14.8 Å². The van der Waals surface area contributed by atoms with Gasteiger partial charge in [-0.15, -0.1) is 0 Å². The minimum atomic E-state index is -3.69. The molecule has 120 valence electrons. The molecule has 21 heavy (non-hydrogen) atoms. The molecule has 0 saturated carbocycles. The second-order valence-corrected chi connectivity index (χ2v) is 6.73. The zero-order valence-corrected chi connectivity index (χ0v) is 13.3. The molecule has 2 N–H and O–H groups in total. The predicted octanol–water partition coefficient (Wildman–Crippen LogP) is 1.47. The molecule has 0 spiro atoms. The lowest BCUT2D eigenvalue weighted by Crippen LogP contribution is -2.24. The van der Waals surface area contributed by atoms with E-state index in [0.29, 0.717) is 19.6 Å². The molecule has 0 bridgehead atoms. The van der Waals surface area contributed by atoms with Gasteiger partial charge in [0.15, 0.2) is 0 Å². The molecular formula is C13H22N2O5S. The first-order valence-electron chi connectivity index (χ1n) is 6.73. The van der Waals surface area contributed by atoms with Gasteiger partial charge in [0.25, 0.3) is 0 Å². The molecule has 0 atom stereocenters. The first-order valence-corrected chi connectivity index (χ1v) is 8.21. The summed E-state index contributed by atoms with van der Waals surface area (Å²) in [5, 5.41) is 9.12. The van der Waals surface area contributed by atoms with Crippen molar-refractivity contribution < 1.29 is 23.1 Å². The number of hydrogen-bond donors (Lipinski definition) is 2. The van der Waals surface area contributed by atoms with E-state index in [1.807, 2.05) is 0 Å². The number of nitrogens with zero attached hydrogens (tertiary/aromatic N) is 1. The Labute approximate surface area is 125 Å². The number of unbranched alkanes of at least 4 members (excludes halogenated alkanes) is 1. The Morgan fingerprint density at radius 2 is 2.10 bits per heavy atom. The van der Waals surface area contributed by atoms with Gasteiger partial charge < -0.3 is 14.4 Å². The molecular weight excluding hydrogens is 296 g/mol. The summed E-state index contributed by atoms with van der Waals surface area (Å²) in [6, 6.07) is 1.04. The summed E-state index contributed by atoms with van der Waals surface area (Å²) in [7, 11) is -2.10. The molecule has 8 heteroatoms. The number of hydrogen-bond acceptors (Lipinski definition) is 4. The van der Waals surface area contributed by atoms with Crippen LogP contribution in [0.4, 0.5) is 0 Å². The van der Waals surface area contributed by atoms with Crippen molar-refractivity contribution in [1.82, 2.24) is 9.29 Å². The summed E-state index contributed by atoms with van der Waals surface area (Å²) in [6.07, 6.45) is 2.77. The summed E-state index contributed by atoms with van der Waals surface area (Å²) < 4.78 is 33.0. The Hall–Kier alpha value is -1.38. The standard InChI is InChI=1S/C13H22N2O5S/c1-10(2)15-9-11(8-12(15)13(16)17)21(18,19)14-6-4-5-7-20-3/h8-10,14H,4-7H2,1-3H3,(H,16,17). The summed E-state index contributed by atoms with van der Waals surface area (Å²) in [4.78, 5) is 11.1. The largest absolute Gasteiger partial charge is 0.477 e. The van der Waals surface area contributed by atoms with Crippen LogP contribution >= 0.6 is 0 Å². The van der Waals surface area contributed by atoms with E-state index in [2.05, 4.69) is 4.72 Å². The number of carbonyl (C=O) groups is 1. The highest BCUT2D eigenvalue weighted by Gasteiger charge is 2.21. The minimum absolute atomic E-state index is 0.0275. The summed E-state index contributed by atoms with van der Waals surface area (Å²) in [5.41, 5.74) is -0.0373. The fourth-order valence-corrected chi connectivity index (χ4v) is 2.96. The topological polar surface area (TPSA) is 97.6 Å². The zero-order valence-electron chi connectivity index (χ0n) is 12.5. The summed E-state index contributed by atoms with van der Waals surface area (Å²) >= 11 is 0. The third kappa shape index (κ3) is 4.83. The first-order chi connectivity index (χ1) is 9.79. The van der Waals surface area contributed by atoms with Crippen molar-refractivity contribution in [2.75, 3.05) is 20.3 Å². The number of carboxylic acid groups (broad SMARTS) is 1. The molecule has 0 unspecified atom stereocenters. The second kappa shape index (κ2) is 7.58. The predicted molar refractivity (Wildman–Crippen MR) is 78.1 cm³/mol. The number of rotatable bonds is 9. The Balaban J connectivity index is 2.84. The average molecular weight is 318 g/mol. The summed E-state index contributed by atoms with van der Waals surface area (Å²) in [5.74, 6) is -1.15. The third-order valence-corrected chi connectivity index (χ3v) is 4.40. The highest BCUT2D eigenvalue weighted by molar-refractivity contribution is 7.89. The molecule has 1 rings (SSSR count). The lowest BCUT2D eigenvalue weighted by atomic mass is 10.3. The number of methoxy groups -OCH3 is 1. The van der Waals surface area contributed by atoms with Crippen LogP contribution in [0, 0.1) is 0 Å². The number of sulfonamides is 1. The van der Waals surface area contributed by atoms with Gasteiger partial charge in [-0.05, 0) is 32.8 Å². The Morgan fingerprint density at radius 1 is 1.43 bits per heavy atom. The smallest absolute Gasteiger partial charge is 0.352 e. The molecule has 0 radical (unpaired) electrons. The van der Waals surface area contributed by atoms with Crippen molar-refractivity contribution in [3.05, 3.63) is 18.0 Å². The lowest BCUT2D eigenvalue weighted by molar-refractivity contribution is 0.0683. The van der Waals surface area contributed by atoms with Crippen molar-refractivity contribution in [2.45, 2.75) is 37.6 Å². The van der Waals surface area contributed by atoms with Crippen LogP contribution in [0.25, 0.3) is 0 Å². The number of aromatic carboxylic acids is 1. The Bertz CT molecular complexity index is 577. The van der Waals surface area contributed by atoms with E-state index in [-0.39, 0.29) is 16.6 Å². The molecule has 0 aliphatic carbocycles. The van der Waals surface area contributed by atoms with E-state index < -0.39 is 16.0 Å². The molecule has 1 heterocycles. The highest BCUT2D eigenvalue weighted by atomic mass is 32.2. The molecule has 0 amide bonds. The maximum absolute atomic E-state index is 12.1. The fraction of sp³-hybridized carbons (Fsp3) is 0.615. The van der Waals surface area contributed by atoms with Crippen LogP contribution in [0.15, 0.2) is 17.2 Å². The average Bonchev–Trinajstić information content (AvgIpc) is 2.84. The van der Waals surface area contributed by atoms with Crippen molar-refractivity contribution in [2.24, 2.45) is 0 Å². The van der Waals surface area contributed by atoms with Crippen LogP contribution < -0.4 is 4.72 Å². The van der Waals surface area contributed by atoms with Gasteiger partial charge in [0.2, 0.25) is 10.0 Å². The van der Waals surface area contributed by atoms with E-state index in [9.17, 15) is 13.2 Å². The SMILES string of the molecule is COCCCCNS(=O)(=O)c1cc(C(=O)O)n(C(C)C)c1. The highest BCUT2D eigenvalue weighted by Crippen LogP contribution is 2.19. The molecule has 0 aliphatic heterocycles. The van der Waals surface area contributed by atoms with E-state index in [1.54, 1.807) is 21.0 Å². The normalized spacial score (nSPS) is 12.0. The fourth-order valence-electron chi connectivity index (χ4n) is 1.86. The Kier molecular flexibility index (Phi) is 6.38. The molecule has 0 saturated heterocycles. The van der Waals surface area contributed by atoms with Crippen LogP contribution in [0.5, 0.6) is 0 Å². The maximum Gasteiger partial charge on any atom is 0.352 e. The van der Waals surface area contributed by atoms with E-state index in [0.717, 1.165) is 6.42 Å². The van der Waals surface area contributed by atoms with E-state index in [4.69, 9.17) is 9.84 Å². The van der Waals surface area contributed by atoms with Crippen LogP contribution in [0.2, 0.25) is 0 Å². The third-order valence-electron chi connectivity index (χ3n) is 2.98. The van der Waals surface area contributed by atoms with Crippen molar-refractivity contribution in [3.8, 4) is 0 Å². The lowest BCUT2D eigenvalue weighted by Gasteiger charge is -2.09. The maximum atomic E-state index is 12.1. The monoisotopic (exact) mass is 318 g/mol. The quantitative estimate of drug-likeness (QED) is 0.672. The van der Waals surface area contributed by atoms with E-state index in [1.165, 1.54) is 16.8 Å². The molecule has 0 aliphatic rings. The van der Waals surface area contributed by atoms with Crippen molar-refractivity contribution in [3.63, 3.8) is 0 Å².